The van der Waals surface area contributed by atoms with Crippen molar-refractivity contribution in [2.24, 2.45) is 5.73 Å². The van der Waals surface area contributed by atoms with Crippen LogP contribution in [-0.2, 0) is 4.79 Å². The summed E-state index contributed by atoms with van der Waals surface area (Å²) in [5.41, 5.74) is 7.98. The number of nitrogens with zero attached hydrogens (tertiary/aromatic N) is 2. The van der Waals surface area contributed by atoms with E-state index in [0.717, 1.165) is 5.56 Å². The summed E-state index contributed by atoms with van der Waals surface area (Å²) in [4.78, 5) is 26.3. The fourth-order valence-corrected chi connectivity index (χ4v) is 3.34. The fourth-order valence-electron chi connectivity index (χ4n) is 3.08. The second-order valence-electron chi connectivity index (χ2n) is 6.61. The normalized spacial score (nSPS) is 10.6. The van der Waals surface area contributed by atoms with Gasteiger partial charge in [0.2, 0.25) is 5.91 Å². The second-order valence-corrected chi connectivity index (χ2v) is 7.01. The van der Waals surface area contributed by atoms with Crippen LogP contribution in [0.5, 0.6) is 5.75 Å². The molecule has 0 saturated heterocycles. The molecule has 0 bridgehead atoms. The smallest absolute Gasteiger partial charge is 0.262 e. The number of rotatable bonds is 7. The maximum Gasteiger partial charge on any atom is 0.262 e. The van der Waals surface area contributed by atoms with Gasteiger partial charge in [-0.15, -0.1) is 0 Å². The van der Waals surface area contributed by atoms with E-state index in [-0.39, 0.29) is 18.9 Å². The van der Waals surface area contributed by atoms with E-state index in [0.29, 0.717) is 27.7 Å². The van der Waals surface area contributed by atoms with Crippen molar-refractivity contribution < 1.29 is 14.3 Å². The number of amides is 2. The van der Waals surface area contributed by atoms with Gasteiger partial charge in [-0.1, -0.05) is 23.7 Å². The third kappa shape index (κ3) is 4.60. The minimum Gasteiger partial charge on any atom is -0.496 e. The number of carbonyl (C=O) groups excluding carboxylic acids is 2. The molecule has 3 rings (SSSR count). The number of hydrogen-bond donors (Lipinski definition) is 1. The predicted molar refractivity (Wildman–Crippen MR) is 114 cm³/mol. The number of halogens is 1. The lowest BCUT2D eigenvalue weighted by molar-refractivity contribution is -0.117. The lowest BCUT2D eigenvalue weighted by Crippen LogP contribution is -2.34. The second kappa shape index (κ2) is 8.84. The summed E-state index contributed by atoms with van der Waals surface area (Å²) in [5.74, 6) is -0.419. The number of aryl methyl sites for hydroxylation is 1. The quantitative estimate of drug-likeness (QED) is 0.639. The standard InChI is InChI=1S/C22H22ClN3O3/c1-15-6-5-7-16(12-15)26(11-8-21(24)27)22(28)17-13-18(23)19(14-20(17)29-2)25-9-3-4-10-25/h3-7,9-10,12-14H,8,11H2,1-2H3,(H2,24,27). The Labute approximate surface area is 174 Å². The number of benzene rings is 2. The number of anilines is 1. The Morgan fingerprint density at radius 2 is 1.86 bits per heavy atom. The van der Waals surface area contributed by atoms with Gasteiger partial charge in [0.15, 0.2) is 0 Å². The van der Waals surface area contributed by atoms with E-state index < -0.39 is 5.91 Å². The number of aromatic nitrogens is 1. The average molecular weight is 412 g/mol. The van der Waals surface area contributed by atoms with Crippen LogP contribution in [0.1, 0.15) is 22.3 Å². The summed E-state index contributed by atoms with van der Waals surface area (Å²) in [6.45, 7) is 2.08. The average Bonchev–Trinajstić information content (AvgIpc) is 3.22. The highest BCUT2D eigenvalue weighted by Crippen LogP contribution is 2.32. The molecule has 0 aliphatic heterocycles. The van der Waals surface area contributed by atoms with Crippen molar-refractivity contribution in [1.29, 1.82) is 0 Å². The van der Waals surface area contributed by atoms with E-state index in [1.54, 1.807) is 12.1 Å². The molecule has 0 atom stereocenters. The van der Waals surface area contributed by atoms with E-state index in [4.69, 9.17) is 22.1 Å². The molecule has 2 amide bonds. The summed E-state index contributed by atoms with van der Waals surface area (Å²) >= 11 is 6.48. The van der Waals surface area contributed by atoms with Crippen molar-refractivity contribution in [2.75, 3.05) is 18.6 Å². The molecule has 29 heavy (non-hydrogen) atoms. The number of nitrogens with two attached hydrogens (primary N) is 1. The largest absolute Gasteiger partial charge is 0.496 e. The van der Waals surface area contributed by atoms with Gasteiger partial charge in [-0.2, -0.15) is 0 Å². The van der Waals surface area contributed by atoms with E-state index in [9.17, 15) is 9.59 Å². The van der Waals surface area contributed by atoms with Crippen molar-refractivity contribution in [3.8, 4) is 11.4 Å². The van der Waals surface area contributed by atoms with Gasteiger partial charge in [0, 0.05) is 37.1 Å². The molecule has 1 heterocycles. The molecular weight excluding hydrogens is 390 g/mol. The van der Waals surface area contributed by atoms with Gasteiger partial charge >= 0.3 is 0 Å². The van der Waals surface area contributed by atoms with Crippen LogP contribution in [0.3, 0.4) is 0 Å². The molecule has 3 aromatic rings. The Bertz CT molecular complexity index is 1030. The van der Waals surface area contributed by atoms with Crippen LogP contribution in [0.4, 0.5) is 5.69 Å². The summed E-state index contributed by atoms with van der Waals surface area (Å²) in [7, 11) is 1.50. The van der Waals surface area contributed by atoms with Crippen LogP contribution in [0, 0.1) is 6.92 Å². The Morgan fingerprint density at radius 3 is 2.48 bits per heavy atom. The third-order valence-corrected chi connectivity index (χ3v) is 4.82. The first-order chi connectivity index (χ1) is 13.9. The minimum absolute atomic E-state index is 0.0389. The molecule has 2 N–H and O–H groups in total. The van der Waals surface area contributed by atoms with Gasteiger partial charge in [-0.25, -0.2) is 0 Å². The van der Waals surface area contributed by atoms with Crippen molar-refractivity contribution in [3.63, 3.8) is 0 Å². The zero-order chi connectivity index (χ0) is 21.0. The minimum atomic E-state index is -0.483. The zero-order valence-corrected chi connectivity index (χ0v) is 17.0. The number of carbonyl (C=O) groups is 2. The SMILES string of the molecule is COc1cc(-n2cccc2)c(Cl)cc1C(=O)N(CCC(N)=O)c1cccc(C)c1. The summed E-state index contributed by atoms with van der Waals surface area (Å²) in [5, 5.41) is 0.407. The van der Waals surface area contributed by atoms with Gasteiger partial charge in [-0.3, -0.25) is 9.59 Å². The Balaban J connectivity index is 2.04. The van der Waals surface area contributed by atoms with Crippen LogP contribution >= 0.6 is 11.6 Å². The molecule has 0 fully saturated rings. The Morgan fingerprint density at radius 1 is 1.14 bits per heavy atom. The fraction of sp³-hybridized carbons (Fsp3) is 0.182. The third-order valence-electron chi connectivity index (χ3n) is 4.52. The molecule has 0 unspecified atom stereocenters. The van der Waals surface area contributed by atoms with Crippen molar-refractivity contribution in [2.45, 2.75) is 13.3 Å². The highest BCUT2D eigenvalue weighted by Gasteiger charge is 2.23. The number of hydrogen-bond acceptors (Lipinski definition) is 3. The molecule has 0 aliphatic carbocycles. The summed E-state index contributed by atoms with van der Waals surface area (Å²) in [6, 6.07) is 14.5. The van der Waals surface area contributed by atoms with Gasteiger partial charge < -0.3 is 19.9 Å². The maximum atomic E-state index is 13.4. The van der Waals surface area contributed by atoms with Crippen molar-refractivity contribution in [3.05, 3.63) is 77.1 Å². The highest BCUT2D eigenvalue weighted by molar-refractivity contribution is 6.33. The highest BCUT2D eigenvalue weighted by atomic mass is 35.5. The zero-order valence-electron chi connectivity index (χ0n) is 16.3. The Kier molecular flexibility index (Phi) is 6.24. The van der Waals surface area contributed by atoms with Crippen LogP contribution in [0.2, 0.25) is 5.02 Å². The molecule has 0 aliphatic rings. The van der Waals surface area contributed by atoms with Crippen LogP contribution < -0.4 is 15.4 Å². The molecule has 6 nitrogen and oxygen atoms in total. The number of ether oxygens (including phenoxy) is 1. The molecule has 1 aromatic heterocycles. The summed E-state index contributed by atoms with van der Waals surface area (Å²) in [6.07, 6.45) is 3.75. The summed E-state index contributed by atoms with van der Waals surface area (Å²) < 4.78 is 7.32. The molecule has 0 spiro atoms. The first-order valence-corrected chi connectivity index (χ1v) is 9.46. The van der Waals surface area contributed by atoms with Crippen LogP contribution in [0.15, 0.2) is 60.9 Å². The number of primary amides is 1. The van der Waals surface area contributed by atoms with E-state index in [1.807, 2.05) is 60.3 Å². The van der Waals surface area contributed by atoms with Gasteiger partial charge in [-0.05, 0) is 42.8 Å². The molecule has 0 saturated carbocycles. The molecule has 150 valence electrons. The topological polar surface area (TPSA) is 77.6 Å². The van der Waals surface area contributed by atoms with Gasteiger partial charge in [0.25, 0.3) is 5.91 Å². The first-order valence-electron chi connectivity index (χ1n) is 9.08. The lowest BCUT2D eigenvalue weighted by Gasteiger charge is -2.24. The van der Waals surface area contributed by atoms with E-state index in [2.05, 4.69) is 0 Å². The van der Waals surface area contributed by atoms with Gasteiger partial charge in [0.1, 0.15) is 5.75 Å². The van der Waals surface area contributed by atoms with Gasteiger partial charge in [0.05, 0.1) is 23.4 Å². The molecule has 7 heteroatoms. The molecule has 0 radical (unpaired) electrons. The van der Waals surface area contributed by atoms with Crippen LogP contribution in [0.25, 0.3) is 5.69 Å². The van der Waals surface area contributed by atoms with E-state index >= 15 is 0 Å². The Hall–Kier alpha value is -3.25. The molecule has 2 aromatic carbocycles. The monoisotopic (exact) mass is 411 g/mol. The lowest BCUT2D eigenvalue weighted by atomic mass is 10.1. The first kappa shape index (κ1) is 20.5. The maximum absolute atomic E-state index is 13.4. The molecular formula is C22H22ClN3O3. The number of methoxy groups -OCH3 is 1. The van der Waals surface area contributed by atoms with E-state index in [1.165, 1.54) is 12.0 Å². The van der Waals surface area contributed by atoms with Crippen LogP contribution in [-0.4, -0.2) is 30.0 Å². The predicted octanol–water partition coefficient (Wildman–Crippen LogP) is 3.97. The van der Waals surface area contributed by atoms with Crippen molar-refractivity contribution in [1.82, 2.24) is 4.57 Å². The van der Waals surface area contributed by atoms with Crippen molar-refractivity contribution >= 4 is 29.1 Å².